The number of rotatable bonds is 5. The van der Waals surface area contributed by atoms with E-state index in [9.17, 15) is 5.11 Å². The Labute approximate surface area is 122 Å². The van der Waals surface area contributed by atoms with Crippen LogP contribution in [0.1, 0.15) is 42.5 Å². The smallest absolute Gasteiger partial charge is 0.122 e. The predicted molar refractivity (Wildman–Crippen MR) is 82.3 cm³/mol. The summed E-state index contributed by atoms with van der Waals surface area (Å²) >= 11 is 0. The highest BCUT2D eigenvalue weighted by Crippen LogP contribution is 2.36. The molecule has 1 aliphatic heterocycles. The van der Waals surface area contributed by atoms with Crippen molar-refractivity contribution >= 4 is 0 Å². The lowest BCUT2D eigenvalue weighted by atomic mass is 9.88. The summed E-state index contributed by atoms with van der Waals surface area (Å²) in [5, 5.41) is 9.64. The van der Waals surface area contributed by atoms with E-state index in [1.165, 1.54) is 29.5 Å². The lowest BCUT2D eigenvalue weighted by Crippen LogP contribution is -2.32. The van der Waals surface area contributed by atoms with Gasteiger partial charge in [0, 0.05) is 12.6 Å². The highest BCUT2D eigenvalue weighted by Gasteiger charge is 2.29. The molecule has 0 saturated carbocycles. The quantitative estimate of drug-likeness (QED) is 0.898. The highest BCUT2D eigenvalue weighted by molar-refractivity contribution is 5.45. The lowest BCUT2D eigenvalue weighted by Gasteiger charge is -2.34. The van der Waals surface area contributed by atoms with Gasteiger partial charge in [-0.25, -0.2) is 0 Å². The summed E-state index contributed by atoms with van der Waals surface area (Å²) in [5.41, 5.74) is 3.84. The summed E-state index contributed by atoms with van der Waals surface area (Å²) in [6, 6.07) is 4.55. The van der Waals surface area contributed by atoms with Crippen molar-refractivity contribution in [3.05, 3.63) is 28.8 Å². The van der Waals surface area contributed by atoms with Gasteiger partial charge in [0.25, 0.3) is 0 Å². The van der Waals surface area contributed by atoms with E-state index >= 15 is 0 Å². The van der Waals surface area contributed by atoms with Crippen LogP contribution in [0.15, 0.2) is 12.1 Å². The topological polar surface area (TPSA) is 32.7 Å². The third-order valence-electron chi connectivity index (χ3n) is 4.68. The van der Waals surface area contributed by atoms with Gasteiger partial charge in [-0.15, -0.1) is 0 Å². The monoisotopic (exact) mass is 277 g/mol. The Morgan fingerprint density at radius 2 is 1.85 bits per heavy atom. The minimum absolute atomic E-state index is 0.228. The summed E-state index contributed by atoms with van der Waals surface area (Å²) in [6.07, 6.45) is 2.53. The summed E-state index contributed by atoms with van der Waals surface area (Å²) in [4.78, 5) is 2.52. The fraction of sp³-hybridized carbons (Fsp3) is 0.647. The number of methoxy groups -OCH3 is 1. The van der Waals surface area contributed by atoms with Gasteiger partial charge in [-0.05, 0) is 68.5 Å². The second-order valence-electron chi connectivity index (χ2n) is 5.95. The Balaban J connectivity index is 2.40. The molecule has 2 unspecified atom stereocenters. The zero-order valence-electron chi connectivity index (χ0n) is 13.1. The van der Waals surface area contributed by atoms with Gasteiger partial charge in [-0.1, -0.05) is 13.0 Å². The first-order valence-electron chi connectivity index (χ1n) is 7.59. The van der Waals surface area contributed by atoms with Crippen molar-refractivity contribution in [2.75, 3.05) is 26.8 Å². The largest absolute Gasteiger partial charge is 0.496 e. The number of nitrogens with zero attached hydrogens (tertiary/aromatic N) is 1. The molecule has 0 aromatic heterocycles. The SMILES string of the molecule is COc1ccc(C(C(C)CO)N2CCCC2)c(C)c1C. The molecule has 0 radical (unpaired) electrons. The van der Waals surface area contributed by atoms with E-state index in [1.807, 2.05) is 0 Å². The Hall–Kier alpha value is -1.06. The Bertz CT molecular complexity index is 453. The second-order valence-corrected chi connectivity index (χ2v) is 5.95. The molecule has 1 heterocycles. The molecule has 0 spiro atoms. The van der Waals surface area contributed by atoms with Crippen LogP contribution in [0.5, 0.6) is 5.75 Å². The molecule has 2 rings (SSSR count). The van der Waals surface area contributed by atoms with Crippen molar-refractivity contribution in [3.63, 3.8) is 0 Å². The Morgan fingerprint density at radius 1 is 1.20 bits per heavy atom. The molecule has 2 atom stereocenters. The standard InChI is InChI=1S/C17H27NO2/c1-12(11-19)17(18-9-5-6-10-18)15-7-8-16(20-4)14(3)13(15)2/h7-8,12,17,19H,5-6,9-11H2,1-4H3. The van der Waals surface area contributed by atoms with Crippen molar-refractivity contribution < 1.29 is 9.84 Å². The van der Waals surface area contributed by atoms with Crippen LogP contribution in [0.25, 0.3) is 0 Å². The molecule has 1 fully saturated rings. The number of aliphatic hydroxyl groups is 1. The van der Waals surface area contributed by atoms with Crippen LogP contribution in [0, 0.1) is 19.8 Å². The van der Waals surface area contributed by atoms with Gasteiger partial charge in [0.2, 0.25) is 0 Å². The summed E-state index contributed by atoms with van der Waals surface area (Å²) in [5.74, 6) is 1.20. The molecule has 0 bridgehead atoms. The van der Waals surface area contributed by atoms with Crippen molar-refractivity contribution in [2.45, 2.75) is 39.7 Å². The zero-order valence-corrected chi connectivity index (χ0v) is 13.1. The highest BCUT2D eigenvalue weighted by atomic mass is 16.5. The van der Waals surface area contributed by atoms with Gasteiger partial charge >= 0.3 is 0 Å². The third kappa shape index (κ3) is 2.84. The molecule has 112 valence electrons. The maximum Gasteiger partial charge on any atom is 0.122 e. The molecule has 3 heteroatoms. The van der Waals surface area contributed by atoms with Crippen molar-refractivity contribution in [2.24, 2.45) is 5.92 Å². The second kappa shape index (κ2) is 6.59. The molecule has 1 saturated heterocycles. The molecule has 0 amide bonds. The Kier molecular flexibility index (Phi) is 5.06. The molecular formula is C17H27NO2. The minimum atomic E-state index is 0.228. The maximum atomic E-state index is 9.64. The molecule has 20 heavy (non-hydrogen) atoms. The average Bonchev–Trinajstić information content (AvgIpc) is 2.97. The fourth-order valence-electron chi connectivity index (χ4n) is 3.34. The van der Waals surface area contributed by atoms with Crippen LogP contribution in [-0.4, -0.2) is 36.8 Å². The van der Waals surface area contributed by atoms with Gasteiger partial charge in [-0.3, -0.25) is 4.90 Å². The lowest BCUT2D eigenvalue weighted by molar-refractivity contribution is 0.125. The van der Waals surface area contributed by atoms with E-state index in [0.717, 1.165) is 18.8 Å². The van der Waals surface area contributed by atoms with Crippen LogP contribution >= 0.6 is 0 Å². The van der Waals surface area contributed by atoms with Crippen molar-refractivity contribution in [1.29, 1.82) is 0 Å². The van der Waals surface area contributed by atoms with Crippen LogP contribution < -0.4 is 4.74 Å². The number of aliphatic hydroxyl groups excluding tert-OH is 1. The fourth-order valence-corrected chi connectivity index (χ4v) is 3.34. The minimum Gasteiger partial charge on any atom is -0.496 e. The molecule has 3 nitrogen and oxygen atoms in total. The summed E-state index contributed by atoms with van der Waals surface area (Å²) in [7, 11) is 1.72. The summed E-state index contributed by atoms with van der Waals surface area (Å²) < 4.78 is 5.41. The van der Waals surface area contributed by atoms with E-state index < -0.39 is 0 Å². The van der Waals surface area contributed by atoms with Crippen LogP contribution in [0.2, 0.25) is 0 Å². The summed E-state index contributed by atoms with van der Waals surface area (Å²) in [6.45, 7) is 8.93. The number of hydrogen-bond donors (Lipinski definition) is 1. The predicted octanol–water partition coefficient (Wildman–Crippen LogP) is 3.08. The van der Waals surface area contributed by atoms with Gasteiger partial charge in [0.05, 0.1) is 7.11 Å². The molecule has 1 aromatic carbocycles. The van der Waals surface area contributed by atoms with Crippen LogP contribution in [0.4, 0.5) is 0 Å². The number of benzene rings is 1. The first-order chi connectivity index (χ1) is 9.60. The van der Waals surface area contributed by atoms with E-state index in [-0.39, 0.29) is 12.5 Å². The Morgan fingerprint density at radius 3 is 2.40 bits per heavy atom. The van der Waals surface area contributed by atoms with Crippen molar-refractivity contribution in [1.82, 2.24) is 4.90 Å². The number of ether oxygens (including phenoxy) is 1. The van der Waals surface area contributed by atoms with Crippen LogP contribution in [0.3, 0.4) is 0 Å². The molecule has 0 aliphatic carbocycles. The van der Waals surface area contributed by atoms with E-state index in [1.54, 1.807) is 7.11 Å². The van der Waals surface area contributed by atoms with E-state index in [0.29, 0.717) is 6.04 Å². The van der Waals surface area contributed by atoms with E-state index in [4.69, 9.17) is 4.74 Å². The van der Waals surface area contributed by atoms with Crippen LogP contribution in [-0.2, 0) is 0 Å². The average molecular weight is 277 g/mol. The van der Waals surface area contributed by atoms with Gasteiger partial charge < -0.3 is 9.84 Å². The molecule has 1 N–H and O–H groups in total. The maximum absolute atomic E-state index is 9.64. The zero-order chi connectivity index (χ0) is 14.7. The number of likely N-dealkylation sites (tertiary alicyclic amines) is 1. The van der Waals surface area contributed by atoms with Gasteiger partial charge in [0.1, 0.15) is 5.75 Å². The first-order valence-corrected chi connectivity index (χ1v) is 7.59. The van der Waals surface area contributed by atoms with Gasteiger partial charge in [-0.2, -0.15) is 0 Å². The first kappa shape index (κ1) is 15.3. The molecule has 1 aliphatic rings. The molecular weight excluding hydrogens is 250 g/mol. The molecule has 1 aromatic rings. The van der Waals surface area contributed by atoms with E-state index in [2.05, 4.69) is 37.8 Å². The normalized spacial score (nSPS) is 19.1. The number of hydrogen-bond acceptors (Lipinski definition) is 3. The third-order valence-corrected chi connectivity index (χ3v) is 4.68. The van der Waals surface area contributed by atoms with Gasteiger partial charge in [0.15, 0.2) is 0 Å². The van der Waals surface area contributed by atoms with Crippen molar-refractivity contribution in [3.8, 4) is 5.75 Å².